The van der Waals surface area contributed by atoms with Crippen LogP contribution >= 0.6 is 0 Å². The lowest BCUT2D eigenvalue weighted by molar-refractivity contribution is 0.186. The van der Waals surface area contributed by atoms with Gasteiger partial charge >= 0.3 is 0 Å². The largest absolute Gasteiger partial charge is 0.271 e. The Bertz CT molecular complexity index is 196. The highest BCUT2D eigenvalue weighted by atomic mass is 15.2. The number of hydrogen-bond donors (Lipinski definition) is 2. The highest BCUT2D eigenvalue weighted by Gasteiger charge is 2.40. The van der Waals surface area contributed by atoms with E-state index in [-0.39, 0.29) is 0 Å². The summed E-state index contributed by atoms with van der Waals surface area (Å²) in [5.74, 6) is 7.48. The Morgan fingerprint density at radius 2 is 2.07 bits per heavy atom. The number of hydrazine groups is 1. The maximum atomic E-state index is 5.70. The number of hydrogen-bond acceptors (Lipinski definition) is 2. The second-order valence-corrected chi connectivity index (χ2v) is 5.94. The van der Waals surface area contributed by atoms with E-state index in [1.807, 2.05) is 0 Å². The molecule has 0 saturated heterocycles. The van der Waals surface area contributed by atoms with Gasteiger partial charge < -0.3 is 0 Å². The molecule has 0 aromatic rings. The SMILES string of the molecule is CC1(C)CCCC1C(CC1CC1)NN. The first kappa shape index (κ1) is 10.4. The molecule has 2 fully saturated rings. The Labute approximate surface area is 87.6 Å². The van der Waals surface area contributed by atoms with Gasteiger partial charge in [-0.25, -0.2) is 0 Å². The fourth-order valence-corrected chi connectivity index (χ4v) is 3.16. The molecule has 82 valence electrons. The van der Waals surface area contributed by atoms with Crippen LogP contribution in [-0.4, -0.2) is 6.04 Å². The van der Waals surface area contributed by atoms with E-state index in [0.717, 1.165) is 11.8 Å². The van der Waals surface area contributed by atoms with Gasteiger partial charge in [0, 0.05) is 6.04 Å². The van der Waals surface area contributed by atoms with E-state index in [2.05, 4.69) is 19.3 Å². The molecule has 14 heavy (non-hydrogen) atoms. The lowest BCUT2D eigenvalue weighted by atomic mass is 9.76. The molecular weight excluding hydrogens is 172 g/mol. The van der Waals surface area contributed by atoms with E-state index in [4.69, 9.17) is 5.84 Å². The van der Waals surface area contributed by atoms with Gasteiger partial charge in [-0.3, -0.25) is 11.3 Å². The Morgan fingerprint density at radius 1 is 1.36 bits per heavy atom. The highest BCUT2D eigenvalue weighted by molar-refractivity contribution is 4.93. The zero-order valence-electron chi connectivity index (χ0n) is 9.55. The molecule has 0 radical (unpaired) electrons. The Kier molecular flexibility index (Phi) is 2.85. The van der Waals surface area contributed by atoms with E-state index in [1.165, 1.54) is 38.5 Å². The Hall–Kier alpha value is -0.0800. The average Bonchev–Trinajstić information content (AvgIpc) is 2.87. The third-order valence-corrected chi connectivity index (χ3v) is 4.32. The van der Waals surface area contributed by atoms with Gasteiger partial charge in [-0.2, -0.15) is 0 Å². The maximum Gasteiger partial charge on any atom is 0.0246 e. The number of nitrogens with two attached hydrogens (primary N) is 1. The highest BCUT2D eigenvalue weighted by Crippen LogP contribution is 2.47. The molecule has 2 nitrogen and oxygen atoms in total. The molecule has 0 spiro atoms. The van der Waals surface area contributed by atoms with Gasteiger partial charge in [-0.15, -0.1) is 0 Å². The van der Waals surface area contributed by atoms with E-state index in [9.17, 15) is 0 Å². The molecule has 3 N–H and O–H groups in total. The molecule has 2 heteroatoms. The second-order valence-electron chi connectivity index (χ2n) is 5.94. The maximum absolute atomic E-state index is 5.70. The summed E-state index contributed by atoms with van der Waals surface area (Å²) >= 11 is 0. The molecule has 0 bridgehead atoms. The molecule has 0 aromatic carbocycles. The smallest absolute Gasteiger partial charge is 0.0246 e. The van der Waals surface area contributed by atoms with Crippen molar-refractivity contribution in [1.82, 2.24) is 5.43 Å². The van der Waals surface area contributed by atoms with Crippen molar-refractivity contribution in [3.63, 3.8) is 0 Å². The minimum absolute atomic E-state index is 0.506. The summed E-state index contributed by atoms with van der Waals surface area (Å²) in [7, 11) is 0. The normalized spacial score (nSPS) is 33.2. The monoisotopic (exact) mass is 196 g/mol. The molecule has 0 aliphatic heterocycles. The fraction of sp³-hybridized carbons (Fsp3) is 1.00. The zero-order chi connectivity index (χ0) is 10.2. The molecule has 2 aliphatic carbocycles. The molecule has 2 atom stereocenters. The number of rotatable bonds is 4. The van der Waals surface area contributed by atoms with E-state index < -0.39 is 0 Å². The van der Waals surface area contributed by atoms with E-state index >= 15 is 0 Å². The summed E-state index contributed by atoms with van der Waals surface area (Å²) in [6.45, 7) is 4.81. The third-order valence-electron chi connectivity index (χ3n) is 4.32. The summed E-state index contributed by atoms with van der Waals surface area (Å²) < 4.78 is 0. The van der Waals surface area contributed by atoms with Crippen LogP contribution < -0.4 is 11.3 Å². The summed E-state index contributed by atoms with van der Waals surface area (Å²) in [6.07, 6.45) is 8.32. The van der Waals surface area contributed by atoms with Crippen LogP contribution in [0.1, 0.15) is 52.4 Å². The average molecular weight is 196 g/mol. The molecule has 2 saturated carbocycles. The summed E-state index contributed by atoms with van der Waals surface area (Å²) in [5, 5.41) is 0. The van der Waals surface area contributed by atoms with Crippen molar-refractivity contribution in [2.45, 2.75) is 58.4 Å². The van der Waals surface area contributed by atoms with Crippen molar-refractivity contribution in [2.75, 3.05) is 0 Å². The van der Waals surface area contributed by atoms with Gasteiger partial charge in [-0.1, -0.05) is 33.1 Å². The Morgan fingerprint density at radius 3 is 2.50 bits per heavy atom. The molecular formula is C12H24N2. The van der Waals surface area contributed by atoms with Gasteiger partial charge in [0.05, 0.1) is 0 Å². The molecule has 0 heterocycles. The predicted molar refractivity (Wildman–Crippen MR) is 59.6 cm³/mol. The summed E-state index contributed by atoms with van der Waals surface area (Å²) in [6, 6.07) is 0.569. The van der Waals surface area contributed by atoms with Crippen LogP contribution in [0, 0.1) is 17.3 Å². The van der Waals surface area contributed by atoms with Crippen LogP contribution in [0.15, 0.2) is 0 Å². The lowest BCUT2D eigenvalue weighted by Gasteiger charge is -2.34. The molecule has 0 aromatic heterocycles. The summed E-state index contributed by atoms with van der Waals surface area (Å²) in [4.78, 5) is 0. The van der Waals surface area contributed by atoms with Gasteiger partial charge in [0.1, 0.15) is 0 Å². The first-order valence-corrected chi connectivity index (χ1v) is 6.09. The van der Waals surface area contributed by atoms with Gasteiger partial charge in [-0.05, 0) is 36.5 Å². The Balaban J connectivity index is 1.95. The zero-order valence-corrected chi connectivity index (χ0v) is 9.55. The quantitative estimate of drug-likeness (QED) is 0.535. The van der Waals surface area contributed by atoms with Crippen molar-refractivity contribution in [1.29, 1.82) is 0 Å². The van der Waals surface area contributed by atoms with Gasteiger partial charge in [0.2, 0.25) is 0 Å². The topological polar surface area (TPSA) is 38.0 Å². The van der Waals surface area contributed by atoms with Gasteiger partial charge in [0.15, 0.2) is 0 Å². The van der Waals surface area contributed by atoms with Crippen molar-refractivity contribution < 1.29 is 0 Å². The second kappa shape index (κ2) is 3.82. The fourth-order valence-electron chi connectivity index (χ4n) is 3.16. The van der Waals surface area contributed by atoms with Crippen LogP contribution in [0.4, 0.5) is 0 Å². The van der Waals surface area contributed by atoms with E-state index in [0.29, 0.717) is 11.5 Å². The van der Waals surface area contributed by atoms with Crippen LogP contribution in [0.2, 0.25) is 0 Å². The standard InChI is InChI=1S/C12H24N2/c1-12(2)7-3-4-10(12)11(14-13)8-9-5-6-9/h9-11,14H,3-8,13H2,1-2H3. The molecule has 2 unspecified atom stereocenters. The van der Waals surface area contributed by atoms with Crippen LogP contribution in [0.25, 0.3) is 0 Å². The number of nitrogens with one attached hydrogen (secondary N) is 1. The lowest BCUT2D eigenvalue weighted by Crippen LogP contribution is -2.44. The van der Waals surface area contributed by atoms with Crippen molar-refractivity contribution >= 4 is 0 Å². The van der Waals surface area contributed by atoms with Crippen molar-refractivity contribution in [3.05, 3.63) is 0 Å². The van der Waals surface area contributed by atoms with Crippen molar-refractivity contribution in [3.8, 4) is 0 Å². The third kappa shape index (κ3) is 2.12. The minimum atomic E-state index is 0.506. The first-order valence-electron chi connectivity index (χ1n) is 6.09. The van der Waals surface area contributed by atoms with E-state index in [1.54, 1.807) is 0 Å². The molecule has 2 rings (SSSR count). The van der Waals surface area contributed by atoms with Gasteiger partial charge in [0.25, 0.3) is 0 Å². The van der Waals surface area contributed by atoms with Crippen molar-refractivity contribution in [2.24, 2.45) is 23.1 Å². The molecule has 0 amide bonds. The molecule has 2 aliphatic rings. The minimum Gasteiger partial charge on any atom is -0.271 e. The van der Waals surface area contributed by atoms with Crippen LogP contribution in [0.5, 0.6) is 0 Å². The van der Waals surface area contributed by atoms with Crippen LogP contribution in [-0.2, 0) is 0 Å². The predicted octanol–water partition coefficient (Wildman–Crippen LogP) is 2.44. The van der Waals surface area contributed by atoms with Crippen LogP contribution in [0.3, 0.4) is 0 Å². The summed E-state index contributed by atoms with van der Waals surface area (Å²) in [5.41, 5.74) is 3.58. The first-order chi connectivity index (χ1) is 6.63.